The van der Waals surface area contributed by atoms with Crippen LogP contribution in [0.1, 0.15) is 23.8 Å². The van der Waals surface area contributed by atoms with Crippen LogP contribution >= 0.6 is 0 Å². The van der Waals surface area contributed by atoms with E-state index in [-0.39, 0.29) is 12.3 Å². The maximum Gasteiger partial charge on any atom is 0.227 e. The molecule has 2 rings (SSSR count). The molecular weight excluding hydrogens is 297 g/mol. The van der Waals surface area contributed by atoms with E-state index in [9.17, 15) is 14.3 Å². The zero-order chi connectivity index (χ0) is 17.0. The number of carbonyl (C=O) groups is 1. The van der Waals surface area contributed by atoms with Gasteiger partial charge in [-0.15, -0.1) is 0 Å². The van der Waals surface area contributed by atoms with Crippen LogP contribution in [-0.4, -0.2) is 30.1 Å². The molecule has 6 heteroatoms. The van der Waals surface area contributed by atoms with E-state index in [2.05, 4.69) is 10.3 Å². The van der Waals surface area contributed by atoms with Crippen LogP contribution < -0.4 is 10.2 Å². The van der Waals surface area contributed by atoms with Gasteiger partial charge in [-0.05, 0) is 36.8 Å². The minimum atomic E-state index is -1.06. The van der Waals surface area contributed by atoms with Crippen molar-refractivity contribution in [2.75, 3.05) is 24.3 Å². The summed E-state index contributed by atoms with van der Waals surface area (Å²) in [6.07, 6.45) is -1.23. The number of amides is 1. The Morgan fingerprint density at radius 1 is 1.35 bits per heavy atom. The molecule has 0 radical (unpaired) electrons. The highest BCUT2D eigenvalue weighted by Crippen LogP contribution is 2.24. The van der Waals surface area contributed by atoms with E-state index in [4.69, 9.17) is 0 Å². The molecule has 0 saturated carbocycles. The first-order valence-electron chi connectivity index (χ1n) is 7.25. The minimum Gasteiger partial charge on any atom is -0.388 e. The smallest absolute Gasteiger partial charge is 0.227 e. The molecule has 23 heavy (non-hydrogen) atoms. The molecule has 0 fully saturated rings. The molecule has 0 spiro atoms. The topological polar surface area (TPSA) is 65.5 Å². The second-order valence-corrected chi connectivity index (χ2v) is 5.54. The van der Waals surface area contributed by atoms with Gasteiger partial charge in [0.05, 0.1) is 18.2 Å². The van der Waals surface area contributed by atoms with E-state index in [0.717, 1.165) is 5.69 Å². The predicted molar refractivity (Wildman–Crippen MR) is 87.9 cm³/mol. The predicted octanol–water partition coefficient (Wildman–Crippen LogP) is 2.66. The number of aliphatic hydroxyl groups is 1. The molecule has 0 aliphatic rings. The lowest BCUT2D eigenvalue weighted by molar-refractivity contribution is -0.118. The second-order valence-electron chi connectivity index (χ2n) is 5.54. The molecule has 1 amide bonds. The SMILES string of the molecule is Cc1ccc(NC(=O)CC(O)c2cccc(F)c2)c(N(C)C)n1. The third-order valence-corrected chi connectivity index (χ3v) is 3.32. The number of aryl methyl sites for hydroxylation is 1. The summed E-state index contributed by atoms with van der Waals surface area (Å²) in [5.74, 6) is -0.173. The first kappa shape index (κ1) is 16.9. The maximum absolute atomic E-state index is 13.2. The summed E-state index contributed by atoms with van der Waals surface area (Å²) >= 11 is 0. The second kappa shape index (κ2) is 7.19. The number of hydrogen-bond donors (Lipinski definition) is 2. The fraction of sp³-hybridized carbons (Fsp3) is 0.294. The van der Waals surface area contributed by atoms with E-state index >= 15 is 0 Å². The van der Waals surface area contributed by atoms with Crippen LogP contribution in [0.2, 0.25) is 0 Å². The monoisotopic (exact) mass is 317 g/mol. The van der Waals surface area contributed by atoms with E-state index in [0.29, 0.717) is 17.1 Å². The lowest BCUT2D eigenvalue weighted by Gasteiger charge is -2.18. The summed E-state index contributed by atoms with van der Waals surface area (Å²) in [5, 5.41) is 12.8. The molecule has 0 saturated heterocycles. The van der Waals surface area contributed by atoms with Crippen LogP contribution in [0.15, 0.2) is 36.4 Å². The zero-order valence-electron chi connectivity index (χ0n) is 13.4. The van der Waals surface area contributed by atoms with Gasteiger partial charge in [-0.3, -0.25) is 4.79 Å². The summed E-state index contributed by atoms with van der Waals surface area (Å²) in [6.45, 7) is 1.87. The summed E-state index contributed by atoms with van der Waals surface area (Å²) < 4.78 is 13.2. The number of nitrogens with zero attached hydrogens (tertiary/aromatic N) is 2. The van der Waals surface area contributed by atoms with Crippen LogP contribution in [0.3, 0.4) is 0 Å². The molecule has 0 aliphatic heterocycles. The molecule has 122 valence electrons. The quantitative estimate of drug-likeness (QED) is 0.890. The Morgan fingerprint density at radius 3 is 2.74 bits per heavy atom. The molecule has 5 nitrogen and oxygen atoms in total. The molecule has 0 bridgehead atoms. The number of aliphatic hydroxyl groups excluding tert-OH is 1. The number of benzene rings is 1. The molecule has 1 aromatic heterocycles. The van der Waals surface area contributed by atoms with Crippen LogP contribution in [0.25, 0.3) is 0 Å². The first-order chi connectivity index (χ1) is 10.9. The van der Waals surface area contributed by atoms with Crippen molar-refractivity contribution in [3.8, 4) is 0 Å². The number of carbonyl (C=O) groups excluding carboxylic acids is 1. The van der Waals surface area contributed by atoms with E-state index < -0.39 is 11.9 Å². The van der Waals surface area contributed by atoms with E-state index in [1.54, 1.807) is 23.1 Å². The summed E-state index contributed by atoms with van der Waals surface area (Å²) in [6, 6.07) is 9.16. The third kappa shape index (κ3) is 4.50. The summed E-state index contributed by atoms with van der Waals surface area (Å²) in [5.41, 5.74) is 1.78. The molecule has 1 unspecified atom stereocenters. The standard InChI is InChI=1S/C17H20FN3O2/c1-11-7-8-14(17(19-11)21(2)3)20-16(23)10-15(22)12-5-4-6-13(18)9-12/h4-9,15,22H,10H2,1-3H3,(H,20,23). The fourth-order valence-electron chi connectivity index (χ4n) is 2.19. The van der Waals surface area contributed by atoms with Gasteiger partial charge in [0.25, 0.3) is 0 Å². The van der Waals surface area contributed by atoms with Gasteiger partial charge in [0.2, 0.25) is 5.91 Å². The van der Waals surface area contributed by atoms with Crippen LogP contribution in [0.4, 0.5) is 15.9 Å². The molecule has 1 atom stereocenters. The maximum atomic E-state index is 13.2. The number of aromatic nitrogens is 1. The first-order valence-corrected chi connectivity index (χ1v) is 7.25. The lowest BCUT2D eigenvalue weighted by atomic mass is 10.1. The number of anilines is 2. The van der Waals surface area contributed by atoms with Gasteiger partial charge in [-0.2, -0.15) is 0 Å². The zero-order valence-corrected chi connectivity index (χ0v) is 13.4. The minimum absolute atomic E-state index is 0.163. The Hall–Kier alpha value is -2.47. The molecule has 1 heterocycles. The average molecular weight is 317 g/mol. The Kier molecular flexibility index (Phi) is 5.28. The van der Waals surface area contributed by atoms with Crippen molar-refractivity contribution in [3.05, 3.63) is 53.5 Å². The van der Waals surface area contributed by atoms with Crippen molar-refractivity contribution < 1.29 is 14.3 Å². The Bertz CT molecular complexity index is 704. The number of nitrogens with one attached hydrogen (secondary N) is 1. The lowest BCUT2D eigenvalue weighted by Crippen LogP contribution is -2.19. The van der Waals surface area contributed by atoms with Gasteiger partial charge in [0.15, 0.2) is 5.82 Å². The van der Waals surface area contributed by atoms with Gasteiger partial charge < -0.3 is 15.3 Å². The van der Waals surface area contributed by atoms with Crippen molar-refractivity contribution in [1.29, 1.82) is 0 Å². The number of rotatable bonds is 5. The number of halogens is 1. The molecule has 2 N–H and O–H groups in total. The highest BCUT2D eigenvalue weighted by atomic mass is 19.1. The van der Waals surface area contributed by atoms with Crippen molar-refractivity contribution in [2.45, 2.75) is 19.4 Å². The molecule has 0 aliphatic carbocycles. The van der Waals surface area contributed by atoms with Gasteiger partial charge >= 0.3 is 0 Å². The normalized spacial score (nSPS) is 11.9. The van der Waals surface area contributed by atoms with E-state index in [1.165, 1.54) is 18.2 Å². The van der Waals surface area contributed by atoms with E-state index in [1.807, 2.05) is 21.0 Å². The van der Waals surface area contributed by atoms with Crippen LogP contribution in [0.5, 0.6) is 0 Å². The van der Waals surface area contributed by atoms with Gasteiger partial charge in [-0.1, -0.05) is 12.1 Å². The Balaban J connectivity index is 2.08. The fourth-order valence-corrected chi connectivity index (χ4v) is 2.19. The number of pyridine rings is 1. The molecule has 1 aromatic carbocycles. The van der Waals surface area contributed by atoms with Crippen molar-refractivity contribution in [3.63, 3.8) is 0 Å². The number of hydrogen-bond acceptors (Lipinski definition) is 4. The van der Waals surface area contributed by atoms with Crippen molar-refractivity contribution >= 4 is 17.4 Å². The van der Waals surface area contributed by atoms with Gasteiger partial charge in [0, 0.05) is 19.8 Å². The highest BCUT2D eigenvalue weighted by molar-refractivity contribution is 5.94. The third-order valence-electron chi connectivity index (χ3n) is 3.32. The average Bonchev–Trinajstić information content (AvgIpc) is 2.48. The summed E-state index contributed by atoms with van der Waals surface area (Å²) in [4.78, 5) is 18.3. The van der Waals surface area contributed by atoms with Crippen molar-refractivity contribution in [1.82, 2.24) is 4.98 Å². The molecule has 2 aromatic rings. The summed E-state index contributed by atoms with van der Waals surface area (Å²) in [7, 11) is 3.66. The van der Waals surface area contributed by atoms with Crippen molar-refractivity contribution in [2.24, 2.45) is 0 Å². The van der Waals surface area contributed by atoms with Gasteiger partial charge in [0.1, 0.15) is 5.82 Å². The van der Waals surface area contributed by atoms with Gasteiger partial charge in [-0.25, -0.2) is 9.37 Å². The Morgan fingerprint density at radius 2 is 2.09 bits per heavy atom. The Labute approximate surface area is 134 Å². The highest BCUT2D eigenvalue weighted by Gasteiger charge is 2.16. The largest absolute Gasteiger partial charge is 0.388 e. The molecular formula is C17H20FN3O2. The van der Waals surface area contributed by atoms with Crippen LogP contribution in [-0.2, 0) is 4.79 Å². The van der Waals surface area contributed by atoms with Crippen LogP contribution in [0, 0.1) is 12.7 Å².